The predicted octanol–water partition coefficient (Wildman–Crippen LogP) is 0.300. The number of hydrogen-bond acceptors (Lipinski definition) is 3. The Morgan fingerprint density at radius 1 is 1.12 bits per heavy atom. The van der Waals surface area contributed by atoms with E-state index >= 15 is 0 Å². The van der Waals surface area contributed by atoms with Crippen LogP contribution < -0.4 is 0 Å². The van der Waals surface area contributed by atoms with Crippen LogP contribution in [0.4, 0.5) is 0 Å². The third-order valence-electron chi connectivity index (χ3n) is 0.140. The fourth-order valence-corrected chi connectivity index (χ4v) is 0.538. The second-order valence-corrected chi connectivity index (χ2v) is 2.16. The summed E-state index contributed by atoms with van der Waals surface area (Å²) in [5, 5.41) is 0. The van der Waals surface area contributed by atoms with Crippen molar-refractivity contribution in [2.45, 2.75) is 0 Å². The van der Waals surface area contributed by atoms with Gasteiger partial charge in [0.15, 0.2) is 4.31 Å². The van der Waals surface area contributed by atoms with Gasteiger partial charge >= 0.3 is 16.5 Å². The Kier molecular flexibility index (Phi) is 8.62. The van der Waals surface area contributed by atoms with Crippen molar-refractivity contribution in [1.29, 1.82) is 0 Å². The van der Waals surface area contributed by atoms with E-state index in [4.69, 9.17) is 9.79 Å². The Labute approximate surface area is 62.5 Å². The van der Waals surface area contributed by atoms with E-state index in [1.807, 2.05) is 0 Å². The molecule has 2 unspecified atom stereocenters. The molecular weight excluding hydrogens is 339 g/mol. The van der Waals surface area contributed by atoms with Crippen molar-refractivity contribution in [2.24, 2.45) is 0 Å². The van der Waals surface area contributed by atoms with Crippen LogP contribution in [0.25, 0.3) is 0 Å². The maximum absolute atomic E-state index is 9.39. The molecule has 0 aromatic carbocycles. The predicted molar refractivity (Wildman–Crippen MR) is 20.7 cm³/mol. The minimum absolute atomic E-state index is 0. The van der Waals surface area contributed by atoms with E-state index in [1.165, 1.54) is 0 Å². The Morgan fingerprint density at radius 3 is 1.38 bits per heavy atom. The van der Waals surface area contributed by atoms with E-state index in [2.05, 4.69) is 4.31 Å². The monoisotopic (exact) mass is 341 g/mol. The molecule has 0 bridgehead atoms. The summed E-state index contributed by atoms with van der Waals surface area (Å²) in [6, 6.07) is 0. The third-order valence-corrected chi connectivity index (χ3v) is 1.26. The van der Waals surface area contributed by atoms with Crippen molar-refractivity contribution in [3.63, 3.8) is 0 Å². The molecule has 0 saturated carbocycles. The van der Waals surface area contributed by atoms with Gasteiger partial charge in [0, 0.05) is 31.5 Å². The van der Waals surface area contributed by atoms with Crippen molar-refractivity contribution in [1.82, 2.24) is 0 Å². The van der Waals surface area contributed by atoms with E-state index < -0.39 is 16.5 Å². The van der Waals surface area contributed by atoms with E-state index in [0.29, 0.717) is 0 Å². The molecule has 0 aliphatic heterocycles. The quantitative estimate of drug-likeness (QED) is 0.558. The van der Waals surface area contributed by atoms with Crippen LogP contribution >= 0.6 is 16.5 Å². The van der Waals surface area contributed by atoms with E-state index in [9.17, 15) is 9.13 Å². The van der Waals surface area contributed by atoms with Gasteiger partial charge in [0.2, 0.25) is 0 Å². The van der Waals surface area contributed by atoms with Crippen LogP contribution in [0.5, 0.6) is 0 Å². The summed E-state index contributed by atoms with van der Waals surface area (Å²) in [4.78, 5) is 15.3. The molecule has 0 fully saturated rings. The molecule has 5 nitrogen and oxygen atoms in total. The van der Waals surface area contributed by atoms with Gasteiger partial charge in [-0.05, 0) is 0 Å². The van der Waals surface area contributed by atoms with Gasteiger partial charge < -0.3 is 0 Å². The first-order valence-electron chi connectivity index (χ1n) is 1.13. The van der Waals surface area contributed by atoms with Gasteiger partial charge in [-0.2, -0.15) is 0 Å². The summed E-state index contributed by atoms with van der Waals surface area (Å²) in [6.07, 6.45) is 0. The average molecular weight is 341 g/mol. The molecular formula is H2AuO5P2+2. The van der Waals surface area contributed by atoms with Gasteiger partial charge in [-0.25, -0.2) is 0 Å². The molecule has 0 spiro atoms. The van der Waals surface area contributed by atoms with Gasteiger partial charge in [-0.3, -0.25) is 0 Å². The zero-order valence-electron chi connectivity index (χ0n) is 3.32. The zero-order chi connectivity index (χ0) is 5.86. The van der Waals surface area contributed by atoms with E-state index in [0.717, 1.165) is 0 Å². The van der Waals surface area contributed by atoms with Crippen molar-refractivity contribution in [2.75, 3.05) is 0 Å². The molecule has 0 heterocycles. The van der Waals surface area contributed by atoms with Crippen LogP contribution in [0.3, 0.4) is 0 Å². The van der Waals surface area contributed by atoms with Gasteiger partial charge in [0.1, 0.15) is 0 Å². The third kappa shape index (κ3) is 9.94. The van der Waals surface area contributed by atoms with Crippen molar-refractivity contribution in [3.05, 3.63) is 0 Å². The molecule has 51 valence electrons. The Bertz CT molecular complexity index is 86.6. The van der Waals surface area contributed by atoms with E-state index in [1.54, 1.807) is 0 Å². The summed E-state index contributed by atoms with van der Waals surface area (Å²) in [5.74, 6) is 0. The Hall–Kier alpha value is 0.820. The summed E-state index contributed by atoms with van der Waals surface area (Å²) in [5.41, 5.74) is 0. The van der Waals surface area contributed by atoms with Crippen LogP contribution in [0.15, 0.2) is 0 Å². The van der Waals surface area contributed by atoms with Gasteiger partial charge in [0.25, 0.3) is 0 Å². The van der Waals surface area contributed by atoms with Crippen LogP contribution in [-0.4, -0.2) is 9.79 Å². The first-order chi connectivity index (χ1) is 3.13. The van der Waals surface area contributed by atoms with Crippen LogP contribution in [0.2, 0.25) is 0 Å². The summed E-state index contributed by atoms with van der Waals surface area (Å²) in [6.45, 7) is 0. The maximum Gasteiger partial charge on any atom is 0.745 e. The minimum atomic E-state index is -2.92. The first-order valence-corrected chi connectivity index (χ1v) is 3.39. The van der Waals surface area contributed by atoms with Crippen molar-refractivity contribution < 1.29 is 45.6 Å². The fourth-order valence-electron chi connectivity index (χ4n) is 0.0598. The molecule has 8 heteroatoms. The molecule has 1 radical (unpaired) electrons. The molecule has 0 saturated heterocycles. The molecule has 8 heavy (non-hydrogen) atoms. The fraction of sp³-hybridized carbons (Fsp3) is 0. The molecule has 0 aliphatic rings. The normalized spacial score (nSPS) is 11.8. The molecule has 2 N–H and O–H groups in total. The van der Waals surface area contributed by atoms with Crippen molar-refractivity contribution in [3.8, 4) is 0 Å². The molecule has 0 rings (SSSR count). The Balaban J connectivity index is 0. The summed E-state index contributed by atoms with van der Waals surface area (Å²) < 4.78 is 22.2. The SMILES string of the molecule is O=[P+](O)O[P+](=O)O.[Au]. The Morgan fingerprint density at radius 2 is 1.38 bits per heavy atom. The summed E-state index contributed by atoms with van der Waals surface area (Å²) >= 11 is 0. The second-order valence-electron chi connectivity index (χ2n) is 0.557. The summed E-state index contributed by atoms with van der Waals surface area (Å²) in [7, 11) is -5.85. The van der Waals surface area contributed by atoms with Crippen LogP contribution in [-0.2, 0) is 35.8 Å². The van der Waals surface area contributed by atoms with Gasteiger partial charge in [-0.1, -0.05) is 0 Å². The van der Waals surface area contributed by atoms with Crippen LogP contribution in [0, 0.1) is 0 Å². The standard InChI is InChI=1S/Au.O5P2/c;1-6(2)5-7(3)4/p+2. The largest absolute Gasteiger partial charge is 0.745 e. The molecule has 0 amide bonds. The number of rotatable bonds is 2. The maximum atomic E-state index is 9.39. The minimum Gasteiger partial charge on any atom is -0.131 e. The van der Waals surface area contributed by atoms with Gasteiger partial charge in [0.05, 0.1) is 0 Å². The molecule has 0 aliphatic carbocycles. The molecule has 0 aromatic rings. The first kappa shape index (κ1) is 11.6. The smallest absolute Gasteiger partial charge is 0.131 e. The zero-order valence-corrected chi connectivity index (χ0v) is 7.27. The van der Waals surface area contributed by atoms with Gasteiger partial charge in [-0.15, -0.1) is 9.79 Å². The van der Waals surface area contributed by atoms with Crippen LogP contribution in [0.1, 0.15) is 0 Å². The van der Waals surface area contributed by atoms with E-state index in [-0.39, 0.29) is 22.4 Å². The number of hydrogen-bond donors (Lipinski definition) is 2. The van der Waals surface area contributed by atoms with Crippen molar-refractivity contribution >= 4 is 16.5 Å². The molecule has 2 atom stereocenters. The average Bonchev–Trinajstić information content (AvgIpc) is 1.27. The second kappa shape index (κ2) is 5.95. The molecule has 0 aromatic heterocycles. The topological polar surface area (TPSA) is 83.8 Å².